The molecular weight excluding hydrogens is 997 g/mol. The molecule has 0 radical (unpaired) electrons. The van der Waals surface area contributed by atoms with Crippen molar-refractivity contribution < 1.29 is 28.6 Å². The van der Waals surface area contributed by atoms with E-state index in [-0.39, 0.29) is 31.1 Å². The zero-order valence-corrected chi connectivity index (χ0v) is 54.8. The van der Waals surface area contributed by atoms with E-state index in [2.05, 4.69) is 57.2 Å². The predicted octanol–water partition coefficient (Wildman–Crippen LogP) is 25.1. The van der Waals surface area contributed by atoms with Crippen molar-refractivity contribution >= 4 is 17.9 Å². The van der Waals surface area contributed by atoms with Gasteiger partial charge in [-0.1, -0.05) is 365 Å². The summed E-state index contributed by atoms with van der Waals surface area (Å²) >= 11 is 0. The molecular formula is C75H140O6. The summed E-state index contributed by atoms with van der Waals surface area (Å²) < 4.78 is 17.0. The Morgan fingerprint density at radius 1 is 0.247 bits per heavy atom. The van der Waals surface area contributed by atoms with Crippen LogP contribution in [0.15, 0.2) is 36.5 Å². The Hall–Kier alpha value is -2.37. The molecule has 0 aliphatic rings. The summed E-state index contributed by atoms with van der Waals surface area (Å²) in [7, 11) is 0. The first kappa shape index (κ1) is 78.6. The highest BCUT2D eigenvalue weighted by Gasteiger charge is 2.19. The van der Waals surface area contributed by atoms with Gasteiger partial charge in [-0.25, -0.2) is 0 Å². The minimum absolute atomic E-state index is 0.0651. The van der Waals surface area contributed by atoms with Crippen LogP contribution in [0.4, 0.5) is 0 Å². The maximum absolute atomic E-state index is 13.0. The van der Waals surface area contributed by atoms with Crippen LogP contribution in [0.2, 0.25) is 0 Å². The van der Waals surface area contributed by atoms with Crippen molar-refractivity contribution in [2.45, 2.75) is 412 Å². The summed E-state index contributed by atoms with van der Waals surface area (Å²) in [4.78, 5) is 38.4. The van der Waals surface area contributed by atoms with E-state index in [0.717, 1.165) is 70.6 Å². The third-order valence-electron chi connectivity index (χ3n) is 16.6. The summed E-state index contributed by atoms with van der Waals surface area (Å²) in [5.41, 5.74) is 0. The first-order chi connectivity index (χ1) is 40.0. The monoisotopic (exact) mass is 1140 g/mol. The van der Waals surface area contributed by atoms with E-state index in [0.29, 0.717) is 19.3 Å². The van der Waals surface area contributed by atoms with Gasteiger partial charge < -0.3 is 14.2 Å². The Morgan fingerprint density at radius 2 is 0.444 bits per heavy atom. The van der Waals surface area contributed by atoms with Crippen LogP contribution in [0.3, 0.4) is 0 Å². The van der Waals surface area contributed by atoms with Crippen LogP contribution in [-0.2, 0) is 28.6 Å². The molecule has 1 unspecified atom stereocenters. The van der Waals surface area contributed by atoms with E-state index in [9.17, 15) is 14.4 Å². The first-order valence-electron chi connectivity index (χ1n) is 36.5. The molecule has 0 rings (SSSR count). The number of esters is 3. The van der Waals surface area contributed by atoms with Crippen molar-refractivity contribution in [3.05, 3.63) is 36.5 Å². The van der Waals surface area contributed by atoms with E-state index in [1.807, 2.05) is 0 Å². The minimum atomic E-state index is -0.769. The lowest BCUT2D eigenvalue weighted by atomic mass is 10.0. The second-order valence-electron chi connectivity index (χ2n) is 24.9. The molecule has 0 aliphatic heterocycles. The van der Waals surface area contributed by atoms with Crippen molar-refractivity contribution in [2.75, 3.05) is 13.2 Å². The predicted molar refractivity (Wildman–Crippen MR) is 353 cm³/mol. The molecule has 81 heavy (non-hydrogen) atoms. The third kappa shape index (κ3) is 68.3. The van der Waals surface area contributed by atoms with Gasteiger partial charge in [-0.2, -0.15) is 0 Å². The topological polar surface area (TPSA) is 78.9 Å². The highest BCUT2D eigenvalue weighted by Crippen LogP contribution is 2.19. The maximum atomic E-state index is 13.0. The molecule has 0 aliphatic carbocycles. The number of hydrogen-bond acceptors (Lipinski definition) is 6. The Morgan fingerprint density at radius 3 is 0.691 bits per heavy atom. The largest absolute Gasteiger partial charge is 0.462 e. The molecule has 0 aromatic carbocycles. The van der Waals surface area contributed by atoms with Gasteiger partial charge in [0, 0.05) is 19.3 Å². The average molecular weight is 1140 g/mol. The van der Waals surface area contributed by atoms with Gasteiger partial charge in [-0.15, -0.1) is 0 Å². The normalized spacial score (nSPS) is 12.2. The van der Waals surface area contributed by atoms with Crippen LogP contribution in [0.1, 0.15) is 406 Å². The molecule has 0 aromatic rings. The molecule has 6 nitrogen and oxygen atoms in total. The molecule has 0 saturated carbocycles. The summed E-state index contributed by atoms with van der Waals surface area (Å²) in [6.45, 7) is 6.71. The van der Waals surface area contributed by atoms with Crippen LogP contribution < -0.4 is 0 Å². The summed E-state index contributed by atoms with van der Waals surface area (Å²) in [5, 5.41) is 0. The fourth-order valence-electron chi connectivity index (χ4n) is 11.2. The van der Waals surface area contributed by atoms with Gasteiger partial charge in [0.15, 0.2) is 6.10 Å². The standard InChI is InChI=1S/C75H140O6/c1-4-7-10-13-16-19-22-25-27-29-31-33-34-35-36-37-38-39-40-42-43-45-47-50-53-56-59-62-65-68-74(77)80-71-72(70-79-73(76)67-64-61-58-55-52-49-24-21-18-15-12-9-6-3)81-75(78)69-66-63-60-57-54-51-48-46-44-41-32-30-28-26-23-20-17-14-11-8-5-2/h22,25,29,31,34-35,72H,4-21,23-24,26-28,30,32-33,36-71H2,1-3H3/b25-22-,31-29-,35-34-. The van der Waals surface area contributed by atoms with Gasteiger partial charge in [0.25, 0.3) is 0 Å². The fourth-order valence-corrected chi connectivity index (χ4v) is 11.2. The molecule has 0 bridgehead atoms. The summed E-state index contributed by atoms with van der Waals surface area (Å²) in [6, 6.07) is 0. The zero-order valence-electron chi connectivity index (χ0n) is 54.8. The molecule has 0 aromatic heterocycles. The number of ether oxygens (including phenoxy) is 3. The van der Waals surface area contributed by atoms with Crippen molar-refractivity contribution in [1.29, 1.82) is 0 Å². The number of allylic oxidation sites excluding steroid dienone is 6. The zero-order chi connectivity index (χ0) is 58.5. The summed E-state index contributed by atoms with van der Waals surface area (Å²) in [5.74, 6) is -0.833. The second-order valence-corrected chi connectivity index (χ2v) is 24.9. The molecule has 6 heteroatoms. The van der Waals surface area contributed by atoms with Gasteiger partial charge in [0.05, 0.1) is 0 Å². The minimum Gasteiger partial charge on any atom is -0.462 e. The quantitative estimate of drug-likeness (QED) is 0.0261. The number of hydrogen-bond donors (Lipinski definition) is 0. The van der Waals surface area contributed by atoms with Gasteiger partial charge in [-0.3, -0.25) is 14.4 Å². The molecule has 0 spiro atoms. The van der Waals surface area contributed by atoms with Crippen LogP contribution in [0.25, 0.3) is 0 Å². The van der Waals surface area contributed by atoms with Crippen LogP contribution in [-0.4, -0.2) is 37.2 Å². The Kier molecular flexibility index (Phi) is 68.1. The van der Waals surface area contributed by atoms with Gasteiger partial charge in [0.1, 0.15) is 13.2 Å². The van der Waals surface area contributed by atoms with Crippen molar-refractivity contribution in [3.63, 3.8) is 0 Å². The molecule has 0 fully saturated rings. The Balaban J connectivity index is 4.20. The molecule has 1 atom stereocenters. The van der Waals surface area contributed by atoms with E-state index in [1.165, 1.54) is 295 Å². The SMILES string of the molecule is CCCCCCC/C=C\C/C=C\C/C=C\CCCCCCCCCCCCCCCCC(=O)OCC(COC(=O)CCCCCCCCCCCCCCC)OC(=O)CCCCCCCCCCCCCCCCCCCCCCC. The van der Waals surface area contributed by atoms with Gasteiger partial charge in [0.2, 0.25) is 0 Å². The Labute approximate surface area is 506 Å². The van der Waals surface area contributed by atoms with Crippen LogP contribution in [0, 0.1) is 0 Å². The number of unbranched alkanes of at least 4 members (excludes halogenated alkanes) is 51. The lowest BCUT2D eigenvalue weighted by Crippen LogP contribution is -2.30. The number of carbonyl (C=O) groups is 3. The summed E-state index contributed by atoms with van der Waals surface area (Å²) in [6.07, 6.45) is 87.5. The second kappa shape index (κ2) is 70.1. The smallest absolute Gasteiger partial charge is 0.306 e. The van der Waals surface area contributed by atoms with Crippen molar-refractivity contribution in [3.8, 4) is 0 Å². The van der Waals surface area contributed by atoms with Crippen molar-refractivity contribution in [1.82, 2.24) is 0 Å². The molecule has 0 amide bonds. The molecule has 0 N–H and O–H groups in total. The van der Waals surface area contributed by atoms with Crippen LogP contribution in [0.5, 0.6) is 0 Å². The molecule has 0 heterocycles. The fraction of sp³-hybridized carbons (Fsp3) is 0.880. The van der Waals surface area contributed by atoms with E-state index in [1.54, 1.807) is 0 Å². The number of rotatable bonds is 68. The van der Waals surface area contributed by atoms with E-state index >= 15 is 0 Å². The van der Waals surface area contributed by atoms with Gasteiger partial charge in [-0.05, 0) is 57.8 Å². The van der Waals surface area contributed by atoms with Gasteiger partial charge >= 0.3 is 17.9 Å². The lowest BCUT2D eigenvalue weighted by molar-refractivity contribution is -0.167. The first-order valence-corrected chi connectivity index (χ1v) is 36.5. The Bertz CT molecular complexity index is 1350. The number of carbonyl (C=O) groups excluding carboxylic acids is 3. The molecule has 0 saturated heterocycles. The highest BCUT2D eigenvalue weighted by molar-refractivity contribution is 5.71. The lowest BCUT2D eigenvalue weighted by Gasteiger charge is -2.18. The third-order valence-corrected chi connectivity index (χ3v) is 16.6. The van der Waals surface area contributed by atoms with Crippen molar-refractivity contribution in [2.24, 2.45) is 0 Å². The maximum Gasteiger partial charge on any atom is 0.306 e. The highest BCUT2D eigenvalue weighted by atomic mass is 16.6. The molecule has 476 valence electrons. The van der Waals surface area contributed by atoms with E-state index in [4.69, 9.17) is 14.2 Å². The average Bonchev–Trinajstić information content (AvgIpc) is 3.46. The van der Waals surface area contributed by atoms with Crippen LogP contribution >= 0.6 is 0 Å². The van der Waals surface area contributed by atoms with E-state index < -0.39 is 6.10 Å².